The van der Waals surface area contributed by atoms with Crippen LogP contribution in [0.4, 0.5) is 4.39 Å². The quantitative estimate of drug-likeness (QED) is 0.707. The first-order valence-corrected chi connectivity index (χ1v) is 5.82. The van der Waals surface area contributed by atoms with Gasteiger partial charge in [-0.1, -0.05) is 26.0 Å². The Morgan fingerprint density at radius 2 is 2.06 bits per heavy atom. The lowest BCUT2D eigenvalue weighted by Gasteiger charge is -2.22. The van der Waals surface area contributed by atoms with Gasteiger partial charge in [0, 0.05) is 12.6 Å². The van der Waals surface area contributed by atoms with Crippen molar-refractivity contribution in [2.45, 2.75) is 26.0 Å². The molecule has 4 heteroatoms. The van der Waals surface area contributed by atoms with Crippen molar-refractivity contribution in [2.24, 2.45) is 5.92 Å². The smallest absolute Gasteiger partial charge is 0.123 e. The molecule has 0 aromatic heterocycles. The summed E-state index contributed by atoms with van der Waals surface area (Å²) in [5.41, 5.74) is 0.540. The molecule has 0 aliphatic carbocycles. The molecule has 0 saturated heterocycles. The molecule has 1 aromatic carbocycles. The molecule has 0 heterocycles. The first kappa shape index (κ1) is 14.1. The summed E-state index contributed by atoms with van der Waals surface area (Å²) in [4.78, 5) is 0. The van der Waals surface area contributed by atoms with Crippen molar-refractivity contribution >= 4 is 0 Å². The fourth-order valence-corrected chi connectivity index (χ4v) is 1.61. The molecule has 0 bridgehead atoms. The highest BCUT2D eigenvalue weighted by atomic mass is 19.1. The van der Waals surface area contributed by atoms with Gasteiger partial charge in [-0.25, -0.2) is 4.39 Å². The molecule has 2 atom stereocenters. The zero-order valence-corrected chi connectivity index (χ0v) is 10.2. The van der Waals surface area contributed by atoms with Crippen LogP contribution < -0.4 is 5.32 Å². The molecule has 96 valence electrons. The maximum absolute atomic E-state index is 12.9. The largest absolute Gasteiger partial charge is 0.395 e. The van der Waals surface area contributed by atoms with E-state index in [2.05, 4.69) is 5.32 Å². The Hall–Kier alpha value is -0.970. The van der Waals surface area contributed by atoms with E-state index in [-0.39, 0.29) is 24.4 Å². The van der Waals surface area contributed by atoms with Gasteiger partial charge in [-0.2, -0.15) is 0 Å². The van der Waals surface area contributed by atoms with Gasteiger partial charge < -0.3 is 15.5 Å². The van der Waals surface area contributed by atoms with Crippen LogP contribution in [0.25, 0.3) is 0 Å². The SMILES string of the molecule is CC(C)[C@@H](CO)NCC(O)c1cccc(F)c1. The second kappa shape index (κ2) is 6.69. The molecule has 3 N–H and O–H groups in total. The second-order valence-corrected chi connectivity index (χ2v) is 4.51. The lowest BCUT2D eigenvalue weighted by Crippen LogP contribution is -2.39. The number of nitrogens with one attached hydrogen (secondary N) is 1. The minimum Gasteiger partial charge on any atom is -0.395 e. The maximum atomic E-state index is 12.9. The van der Waals surface area contributed by atoms with Crippen molar-refractivity contribution < 1.29 is 14.6 Å². The molecule has 0 aliphatic rings. The van der Waals surface area contributed by atoms with Gasteiger partial charge in [0.2, 0.25) is 0 Å². The zero-order chi connectivity index (χ0) is 12.8. The molecule has 0 amide bonds. The van der Waals surface area contributed by atoms with Gasteiger partial charge in [-0.15, -0.1) is 0 Å². The van der Waals surface area contributed by atoms with Gasteiger partial charge in [0.25, 0.3) is 0 Å². The van der Waals surface area contributed by atoms with Crippen LogP contribution in [0.2, 0.25) is 0 Å². The molecule has 0 radical (unpaired) electrons. The van der Waals surface area contributed by atoms with Crippen LogP contribution in [-0.2, 0) is 0 Å². The van der Waals surface area contributed by atoms with E-state index < -0.39 is 6.10 Å². The fourth-order valence-electron chi connectivity index (χ4n) is 1.61. The lowest BCUT2D eigenvalue weighted by molar-refractivity contribution is 0.148. The van der Waals surface area contributed by atoms with Gasteiger partial charge in [-0.05, 0) is 23.6 Å². The summed E-state index contributed by atoms with van der Waals surface area (Å²) in [6.07, 6.45) is -0.765. The van der Waals surface area contributed by atoms with Crippen molar-refractivity contribution in [3.8, 4) is 0 Å². The number of aliphatic hydroxyl groups excluding tert-OH is 2. The molecular weight excluding hydrogens is 221 g/mol. The Morgan fingerprint density at radius 3 is 2.59 bits per heavy atom. The first-order valence-electron chi connectivity index (χ1n) is 5.82. The number of hydrogen-bond donors (Lipinski definition) is 3. The number of aliphatic hydroxyl groups is 2. The van der Waals surface area contributed by atoms with Crippen molar-refractivity contribution in [1.29, 1.82) is 0 Å². The highest BCUT2D eigenvalue weighted by molar-refractivity contribution is 5.18. The summed E-state index contributed by atoms with van der Waals surface area (Å²) >= 11 is 0. The van der Waals surface area contributed by atoms with Crippen LogP contribution in [0, 0.1) is 11.7 Å². The summed E-state index contributed by atoms with van der Waals surface area (Å²) in [5, 5.41) is 22.0. The van der Waals surface area contributed by atoms with E-state index in [1.165, 1.54) is 12.1 Å². The van der Waals surface area contributed by atoms with Crippen molar-refractivity contribution in [3.05, 3.63) is 35.6 Å². The third-order valence-corrected chi connectivity index (χ3v) is 2.81. The van der Waals surface area contributed by atoms with E-state index in [0.717, 1.165) is 0 Å². The molecule has 3 nitrogen and oxygen atoms in total. The monoisotopic (exact) mass is 241 g/mol. The average molecular weight is 241 g/mol. The summed E-state index contributed by atoms with van der Waals surface area (Å²) in [6, 6.07) is 5.85. The predicted molar refractivity (Wildman–Crippen MR) is 65.1 cm³/mol. The first-order chi connectivity index (χ1) is 8.04. The van der Waals surface area contributed by atoms with Crippen molar-refractivity contribution in [2.75, 3.05) is 13.2 Å². The third kappa shape index (κ3) is 4.42. The normalized spacial score (nSPS) is 14.9. The molecular formula is C13H20FNO2. The highest BCUT2D eigenvalue weighted by Crippen LogP contribution is 2.13. The van der Waals surface area contributed by atoms with E-state index in [0.29, 0.717) is 12.1 Å². The van der Waals surface area contributed by atoms with Crippen LogP contribution in [0.1, 0.15) is 25.5 Å². The van der Waals surface area contributed by atoms with E-state index >= 15 is 0 Å². The van der Waals surface area contributed by atoms with E-state index in [1.807, 2.05) is 13.8 Å². The lowest BCUT2D eigenvalue weighted by atomic mass is 10.0. The van der Waals surface area contributed by atoms with Crippen molar-refractivity contribution in [3.63, 3.8) is 0 Å². The zero-order valence-electron chi connectivity index (χ0n) is 10.2. The van der Waals surface area contributed by atoms with Gasteiger partial charge in [-0.3, -0.25) is 0 Å². The summed E-state index contributed by atoms with van der Waals surface area (Å²) in [5.74, 6) is -0.0798. The highest BCUT2D eigenvalue weighted by Gasteiger charge is 2.14. The van der Waals surface area contributed by atoms with Crippen LogP contribution in [0.5, 0.6) is 0 Å². The number of hydrogen-bond acceptors (Lipinski definition) is 3. The number of halogens is 1. The van der Waals surface area contributed by atoms with Gasteiger partial charge in [0.1, 0.15) is 5.82 Å². The van der Waals surface area contributed by atoms with Crippen LogP contribution in [0.15, 0.2) is 24.3 Å². The average Bonchev–Trinajstić information content (AvgIpc) is 2.29. The molecule has 0 saturated carbocycles. The summed E-state index contributed by atoms with van der Waals surface area (Å²) in [6.45, 7) is 4.30. The van der Waals surface area contributed by atoms with Crippen LogP contribution >= 0.6 is 0 Å². The Morgan fingerprint density at radius 1 is 1.35 bits per heavy atom. The Kier molecular flexibility index (Phi) is 5.55. The second-order valence-electron chi connectivity index (χ2n) is 4.51. The van der Waals surface area contributed by atoms with Gasteiger partial charge in [0.15, 0.2) is 0 Å². The molecule has 0 fully saturated rings. The fraction of sp³-hybridized carbons (Fsp3) is 0.538. The Labute approximate surface area is 101 Å². The molecule has 1 aromatic rings. The molecule has 17 heavy (non-hydrogen) atoms. The minimum atomic E-state index is -0.765. The molecule has 0 aliphatic heterocycles. The van der Waals surface area contributed by atoms with Gasteiger partial charge in [0.05, 0.1) is 12.7 Å². The summed E-state index contributed by atoms with van der Waals surface area (Å²) in [7, 11) is 0. The Bertz CT molecular complexity index is 344. The summed E-state index contributed by atoms with van der Waals surface area (Å²) < 4.78 is 12.9. The predicted octanol–water partition coefficient (Wildman–Crippen LogP) is 1.47. The van der Waals surface area contributed by atoms with E-state index in [1.54, 1.807) is 12.1 Å². The van der Waals surface area contributed by atoms with E-state index in [4.69, 9.17) is 5.11 Å². The van der Waals surface area contributed by atoms with Crippen molar-refractivity contribution in [1.82, 2.24) is 5.32 Å². The third-order valence-electron chi connectivity index (χ3n) is 2.81. The maximum Gasteiger partial charge on any atom is 0.123 e. The molecule has 1 rings (SSSR count). The number of rotatable bonds is 6. The number of benzene rings is 1. The van der Waals surface area contributed by atoms with Gasteiger partial charge >= 0.3 is 0 Å². The standard InChI is InChI=1S/C13H20FNO2/c1-9(2)12(8-16)15-7-13(17)10-4-3-5-11(14)6-10/h3-6,9,12-13,15-17H,7-8H2,1-2H3/t12-,13?/m1/s1. The van der Waals surface area contributed by atoms with Crippen LogP contribution in [-0.4, -0.2) is 29.4 Å². The minimum absolute atomic E-state index is 0.0214. The topological polar surface area (TPSA) is 52.5 Å². The van der Waals surface area contributed by atoms with E-state index in [9.17, 15) is 9.50 Å². The molecule has 1 unspecified atom stereocenters. The Balaban J connectivity index is 2.52. The van der Waals surface area contributed by atoms with Crippen LogP contribution in [0.3, 0.4) is 0 Å². The molecule has 0 spiro atoms.